The van der Waals surface area contributed by atoms with Gasteiger partial charge in [-0.25, -0.2) is 4.68 Å². The van der Waals surface area contributed by atoms with E-state index in [-0.39, 0.29) is 11.5 Å². The molecule has 0 bridgehead atoms. The van der Waals surface area contributed by atoms with Crippen LogP contribution in [0.3, 0.4) is 0 Å². The molecule has 0 saturated carbocycles. The summed E-state index contributed by atoms with van der Waals surface area (Å²) in [6.07, 6.45) is 4.13. The minimum atomic E-state index is -0.0696. The summed E-state index contributed by atoms with van der Waals surface area (Å²) >= 11 is 12.3. The summed E-state index contributed by atoms with van der Waals surface area (Å²) in [6, 6.07) is 5.50. The summed E-state index contributed by atoms with van der Waals surface area (Å²) < 4.78 is 7.38. The molecule has 1 aromatic carbocycles. The van der Waals surface area contributed by atoms with E-state index in [9.17, 15) is 0 Å². The maximum atomic E-state index is 6.31. The molecule has 1 N–H and O–H groups in total. The van der Waals surface area contributed by atoms with Crippen LogP contribution in [0.25, 0.3) is 6.08 Å². The van der Waals surface area contributed by atoms with E-state index in [1.807, 2.05) is 22.9 Å². The van der Waals surface area contributed by atoms with Crippen molar-refractivity contribution in [2.24, 2.45) is 5.41 Å². The highest BCUT2D eigenvalue weighted by Crippen LogP contribution is 2.33. The molecule has 0 aliphatic carbocycles. The third-order valence-electron chi connectivity index (χ3n) is 4.74. The second kappa shape index (κ2) is 8.69. The molecule has 0 spiro atoms. The smallest absolute Gasteiger partial charge is 0.206 e. The minimum absolute atomic E-state index is 0.00492. The van der Waals surface area contributed by atoms with Gasteiger partial charge in [0.05, 0.1) is 19.3 Å². The van der Waals surface area contributed by atoms with Crippen molar-refractivity contribution in [1.82, 2.24) is 20.2 Å². The molecule has 1 aromatic heterocycles. The molecule has 0 unspecified atom stereocenters. The molecule has 1 fully saturated rings. The standard InChI is InChI=1S/C19H25Cl2N5O/c1-19(2,3)17(7-5-14-4-6-15(20)12-16(14)21)26-18(22-23-24-26)13-25-8-10-27-11-9-25/h4-7,12,17H,8-11,13H2,1-3H3/p+1/b7-5+/t17-/m0/s1. The van der Waals surface area contributed by atoms with Gasteiger partial charge in [0.2, 0.25) is 5.82 Å². The second-order valence-corrected chi connectivity index (χ2v) is 8.76. The van der Waals surface area contributed by atoms with Gasteiger partial charge in [0.25, 0.3) is 0 Å². The van der Waals surface area contributed by atoms with Crippen molar-refractivity contribution in [3.05, 3.63) is 45.7 Å². The van der Waals surface area contributed by atoms with Crippen LogP contribution in [0.15, 0.2) is 24.3 Å². The van der Waals surface area contributed by atoms with Gasteiger partial charge >= 0.3 is 0 Å². The minimum Gasteiger partial charge on any atom is -0.370 e. The SMILES string of the molecule is CC(C)(C)[C@H](/C=C/c1ccc(Cl)cc1Cl)n1nnnc1C[NH+]1CCOCC1. The average Bonchev–Trinajstić information content (AvgIpc) is 3.04. The van der Waals surface area contributed by atoms with Gasteiger partial charge in [0, 0.05) is 10.0 Å². The Morgan fingerprint density at radius 3 is 2.67 bits per heavy atom. The van der Waals surface area contributed by atoms with Crippen molar-refractivity contribution in [2.75, 3.05) is 26.3 Å². The fourth-order valence-corrected chi connectivity index (χ4v) is 3.65. The zero-order chi connectivity index (χ0) is 19.4. The fraction of sp³-hybridized carbons (Fsp3) is 0.526. The van der Waals surface area contributed by atoms with Crippen molar-refractivity contribution < 1.29 is 9.64 Å². The van der Waals surface area contributed by atoms with E-state index < -0.39 is 0 Å². The fourth-order valence-electron chi connectivity index (χ4n) is 3.17. The number of ether oxygens (including phenoxy) is 1. The quantitative estimate of drug-likeness (QED) is 0.822. The first-order valence-electron chi connectivity index (χ1n) is 9.16. The molecule has 8 heteroatoms. The summed E-state index contributed by atoms with van der Waals surface area (Å²) in [5.41, 5.74) is 0.851. The highest BCUT2D eigenvalue weighted by molar-refractivity contribution is 6.35. The summed E-state index contributed by atoms with van der Waals surface area (Å²) in [7, 11) is 0. The lowest BCUT2D eigenvalue weighted by molar-refractivity contribution is -0.922. The van der Waals surface area contributed by atoms with Gasteiger partial charge in [0.1, 0.15) is 19.6 Å². The molecule has 1 aliphatic heterocycles. The molecule has 2 aromatic rings. The van der Waals surface area contributed by atoms with Crippen molar-refractivity contribution in [2.45, 2.75) is 33.4 Å². The highest BCUT2D eigenvalue weighted by Gasteiger charge is 2.29. The Morgan fingerprint density at radius 2 is 2.00 bits per heavy atom. The number of quaternary nitrogens is 1. The van der Waals surface area contributed by atoms with E-state index in [4.69, 9.17) is 27.9 Å². The first-order valence-corrected chi connectivity index (χ1v) is 9.91. The molecule has 27 heavy (non-hydrogen) atoms. The van der Waals surface area contributed by atoms with Gasteiger partial charge in [-0.2, -0.15) is 0 Å². The first kappa shape index (κ1) is 20.3. The molecule has 0 amide bonds. The van der Waals surface area contributed by atoms with Crippen molar-refractivity contribution >= 4 is 29.3 Å². The van der Waals surface area contributed by atoms with Crippen LogP contribution >= 0.6 is 23.2 Å². The Bertz CT molecular complexity index is 794. The molecule has 1 saturated heterocycles. The number of hydrogen-bond acceptors (Lipinski definition) is 4. The largest absolute Gasteiger partial charge is 0.370 e. The van der Waals surface area contributed by atoms with E-state index >= 15 is 0 Å². The van der Waals surface area contributed by atoms with E-state index in [2.05, 4.69) is 42.4 Å². The van der Waals surface area contributed by atoms with Crippen LogP contribution in [0.5, 0.6) is 0 Å². The van der Waals surface area contributed by atoms with Gasteiger partial charge in [-0.15, -0.1) is 5.10 Å². The third-order valence-corrected chi connectivity index (χ3v) is 5.30. The molecule has 3 rings (SSSR count). The third kappa shape index (κ3) is 5.29. The molecular weight excluding hydrogens is 385 g/mol. The van der Waals surface area contributed by atoms with Crippen molar-refractivity contribution in [1.29, 1.82) is 0 Å². The molecule has 146 valence electrons. The van der Waals surface area contributed by atoms with E-state index in [1.54, 1.807) is 6.07 Å². The predicted molar refractivity (Wildman–Crippen MR) is 107 cm³/mol. The topological polar surface area (TPSA) is 57.3 Å². The number of morpholine rings is 1. The van der Waals surface area contributed by atoms with Gasteiger partial charge < -0.3 is 9.64 Å². The summed E-state index contributed by atoms with van der Waals surface area (Å²) in [6.45, 7) is 10.9. The lowest BCUT2D eigenvalue weighted by Crippen LogP contribution is -3.12. The van der Waals surface area contributed by atoms with Crippen molar-refractivity contribution in [3.8, 4) is 0 Å². The van der Waals surface area contributed by atoms with Crippen LogP contribution in [0.1, 0.15) is 38.2 Å². The molecule has 2 heterocycles. The van der Waals surface area contributed by atoms with Gasteiger partial charge in [-0.1, -0.05) is 62.2 Å². The lowest BCUT2D eigenvalue weighted by atomic mass is 9.86. The van der Waals surface area contributed by atoms with Gasteiger partial charge in [-0.05, 0) is 33.5 Å². The number of allylic oxidation sites excluding steroid dienone is 1. The zero-order valence-corrected chi connectivity index (χ0v) is 17.5. The van der Waals surface area contributed by atoms with E-state index in [0.29, 0.717) is 10.0 Å². The number of nitrogens with zero attached hydrogens (tertiary/aromatic N) is 4. The number of aromatic nitrogens is 4. The van der Waals surface area contributed by atoms with Crippen LogP contribution in [-0.2, 0) is 11.3 Å². The number of rotatable bonds is 5. The molecule has 1 aliphatic rings. The Hall–Kier alpha value is -1.47. The normalized spacial score (nSPS) is 17.5. The molecule has 0 radical (unpaired) electrons. The van der Waals surface area contributed by atoms with Crippen LogP contribution in [0, 0.1) is 5.41 Å². The number of tetrazole rings is 1. The van der Waals surface area contributed by atoms with Crippen LogP contribution < -0.4 is 4.90 Å². The van der Waals surface area contributed by atoms with Crippen LogP contribution in [-0.4, -0.2) is 46.5 Å². The Kier molecular flexibility index (Phi) is 6.52. The van der Waals surface area contributed by atoms with Gasteiger partial charge in [0.15, 0.2) is 0 Å². The predicted octanol–water partition coefficient (Wildman–Crippen LogP) is 2.70. The number of hydrogen-bond donors (Lipinski definition) is 1. The Morgan fingerprint density at radius 1 is 1.26 bits per heavy atom. The summed E-state index contributed by atoms with van der Waals surface area (Å²) in [4.78, 5) is 1.44. The monoisotopic (exact) mass is 410 g/mol. The maximum absolute atomic E-state index is 6.31. The zero-order valence-electron chi connectivity index (χ0n) is 16.0. The maximum Gasteiger partial charge on any atom is 0.206 e. The number of nitrogens with one attached hydrogen (secondary N) is 1. The highest BCUT2D eigenvalue weighted by atomic mass is 35.5. The summed E-state index contributed by atoms with van der Waals surface area (Å²) in [5, 5.41) is 13.8. The Balaban J connectivity index is 1.85. The Labute approximate surface area is 170 Å². The summed E-state index contributed by atoms with van der Waals surface area (Å²) in [5.74, 6) is 0.888. The number of halogens is 2. The second-order valence-electron chi connectivity index (χ2n) is 7.91. The number of benzene rings is 1. The van der Waals surface area contributed by atoms with Crippen molar-refractivity contribution in [3.63, 3.8) is 0 Å². The molecular formula is C19H26Cl2N5O+. The molecule has 1 atom stereocenters. The average molecular weight is 411 g/mol. The lowest BCUT2D eigenvalue weighted by Gasteiger charge is -2.29. The van der Waals surface area contributed by atoms with Crippen LogP contribution in [0.2, 0.25) is 10.0 Å². The first-order chi connectivity index (χ1) is 12.8. The van der Waals surface area contributed by atoms with Crippen LogP contribution in [0.4, 0.5) is 0 Å². The van der Waals surface area contributed by atoms with E-state index in [0.717, 1.165) is 44.2 Å². The van der Waals surface area contributed by atoms with Gasteiger partial charge in [-0.3, -0.25) is 0 Å². The van der Waals surface area contributed by atoms with E-state index in [1.165, 1.54) is 4.90 Å². The molecule has 6 nitrogen and oxygen atoms in total.